The predicted octanol–water partition coefficient (Wildman–Crippen LogP) is 1.88. The Morgan fingerprint density at radius 3 is 2.63 bits per heavy atom. The van der Waals surface area contributed by atoms with Crippen LogP contribution in [0.2, 0.25) is 0 Å². The molecule has 0 radical (unpaired) electrons. The minimum atomic E-state index is -0.214. The summed E-state index contributed by atoms with van der Waals surface area (Å²) in [6.45, 7) is 1.15. The molecule has 1 N–H and O–H groups in total. The number of hydrogen-bond donors (Lipinski definition) is 1. The number of unbranched alkanes of at least 4 members (excludes halogenated alkanes) is 2. The van der Waals surface area contributed by atoms with Crippen molar-refractivity contribution in [3.63, 3.8) is 0 Å². The van der Waals surface area contributed by atoms with Crippen LogP contribution in [-0.4, -0.2) is 49.9 Å². The minimum Gasteiger partial charge on any atom is -0.346 e. The fourth-order valence-electron chi connectivity index (χ4n) is 2.45. The van der Waals surface area contributed by atoms with Crippen LogP contribution in [0.15, 0.2) is 0 Å². The number of carbonyl (C=O) groups excluding carboxylic acids is 2. The van der Waals surface area contributed by atoms with Gasteiger partial charge in [-0.3, -0.25) is 9.59 Å². The summed E-state index contributed by atoms with van der Waals surface area (Å²) in [6.07, 6.45) is 7.12. The Balaban J connectivity index is 2.18. The third kappa shape index (κ3) is 7.31. The van der Waals surface area contributed by atoms with Gasteiger partial charge in [-0.05, 0) is 32.1 Å². The van der Waals surface area contributed by atoms with E-state index < -0.39 is 0 Å². The van der Waals surface area contributed by atoms with E-state index in [1.54, 1.807) is 0 Å². The van der Waals surface area contributed by atoms with Crippen molar-refractivity contribution in [3.8, 4) is 0 Å². The SMILES string of the molecule is C[N+](C)(C)CCCCCC(=O)C1CCCCC(=O)N1. The molecule has 1 unspecified atom stereocenters. The van der Waals surface area contributed by atoms with Crippen molar-refractivity contribution in [3.05, 3.63) is 0 Å². The number of nitrogens with one attached hydrogen (secondary N) is 1. The zero-order valence-electron chi connectivity index (χ0n) is 12.7. The largest absolute Gasteiger partial charge is 0.346 e. The third-order valence-corrected chi connectivity index (χ3v) is 3.62. The van der Waals surface area contributed by atoms with Crippen molar-refractivity contribution in [2.24, 2.45) is 0 Å². The Kier molecular flexibility index (Phi) is 6.49. The Hall–Kier alpha value is -0.900. The maximum Gasteiger partial charge on any atom is 0.220 e. The molecular formula is C15H29N2O2+. The van der Waals surface area contributed by atoms with Crippen LogP contribution in [0.25, 0.3) is 0 Å². The first-order chi connectivity index (χ1) is 8.88. The third-order valence-electron chi connectivity index (χ3n) is 3.62. The molecular weight excluding hydrogens is 240 g/mol. The molecule has 0 aliphatic carbocycles. The van der Waals surface area contributed by atoms with Crippen LogP contribution in [0, 0.1) is 0 Å². The molecule has 1 rings (SSSR count). The quantitative estimate of drug-likeness (QED) is 0.566. The average molecular weight is 269 g/mol. The van der Waals surface area contributed by atoms with E-state index in [-0.39, 0.29) is 17.7 Å². The van der Waals surface area contributed by atoms with Gasteiger partial charge in [-0.15, -0.1) is 0 Å². The highest BCUT2D eigenvalue weighted by atomic mass is 16.2. The topological polar surface area (TPSA) is 46.2 Å². The second-order valence-electron chi connectivity index (χ2n) is 6.66. The van der Waals surface area contributed by atoms with Crippen LogP contribution in [0.3, 0.4) is 0 Å². The number of carbonyl (C=O) groups is 2. The fourth-order valence-corrected chi connectivity index (χ4v) is 2.45. The molecule has 0 saturated carbocycles. The van der Waals surface area contributed by atoms with Crippen LogP contribution in [-0.2, 0) is 9.59 Å². The molecule has 19 heavy (non-hydrogen) atoms. The van der Waals surface area contributed by atoms with Crippen molar-refractivity contribution in [2.45, 2.75) is 57.4 Å². The number of hydrogen-bond acceptors (Lipinski definition) is 2. The van der Waals surface area contributed by atoms with E-state index in [1.807, 2.05) is 0 Å². The molecule has 0 spiro atoms. The highest BCUT2D eigenvalue weighted by Gasteiger charge is 2.22. The second kappa shape index (κ2) is 7.63. The van der Waals surface area contributed by atoms with Crippen LogP contribution >= 0.6 is 0 Å². The molecule has 4 nitrogen and oxygen atoms in total. The van der Waals surface area contributed by atoms with Gasteiger partial charge in [0.1, 0.15) is 0 Å². The molecule has 1 heterocycles. The number of amides is 1. The zero-order valence-corrected chi connectivity index (χ0v) is 12.7. The van der Waals surface area contributed by atoms with Gasteiger partial charge < -0.3 is 9.80 Å². The number of nitrogens with zero attached hydrogens (tertiary/aromatic N) is 1. The Labute approximate surface area is 117 Å². The number of Topliss-reactive ketones (excluding diaryl/α,β-unsaturated/α-hetero) is 1. The first kappa shape index (κ1) is 16.2. The lowest BCUT2D eigenvalue weighted by molar-refractivity contribution is -0.870. The molecule has 1 atom stereocenters. The summed E-state index contributed by atoms with van der Waals surface area (Å²) >= 11 is 0. The van der Waals surface area contributed by atoms with Crippen molar-refractivity contribution in [1.82, 2.24) is 5.32 Å². The lowest BCUT2D eigenvalue weighted by Crippen LogP contribution is -2.39. The van der Waals surface area contributed by atoms with Crippen molar-refractivity contribution >= 4 is 11.7 Å². The van der Waals surface area contributed by atoms with Gasteiger partial charge in [-0.25, -0.2) is 0 Å². The average Bonchev–Trinajstić information content (AvgIpc) is 2.51. The summed E-state index contributed by atoms with van der Waals surface area (Å²) in [7, 11) is 6.56. The standard InChI is InChI=1S/C15H28N2O2/c1-17(2,3)12-8-4-5-10-14(18)13-9-6-7-11-15(19)16-13/h13H,4-12H2,1-3H3/p+1. The Morgan fingerprint density at radius 2 is 1.95 bits per heavy atom. The van der Waals surface area contributed by atoms with Gasteiger partial charge in [0.2, 0.25) is 5.91 Å². The van der Waals surface area contributed by atoms with Gasteiger partial charge in [0.05, 0.1) is 33.7 Å². The van der Waals surface area contributed by atoms with Crippen LogP contribution in [0.5, 0.6) is 0 Å². The van der Waals surface area contributed by atoms with Crippen LogP contribution in [0.4, 0.5) is 0 Å². The smallest absolute Gasteiger partial charge is 0.220 e. The molecule has 0 aromatic rings. The normalized spacial score (nSPS) is 20.8. The second-order valence-corrected chi connectivity index (χ2v) is 6.66. The monoisotopic (exact) mass is 269 g/mol. The summed E-state index contributed by atoms with van der Waals surface area (Å²) in [5, 5.41) is 2.85. The number of quaternary nitrogens is 1. The zero-order chi connectivity index (χ0) is 14.3. The molecule has 4 heteroatoms. The molecule has 110 valence electrons. The van der Waals surface area contributed by atoms with E-state index in [2.05, 4.69) is 26.5 Å². The van der Waals surface area contributed by atoms with E-state index in [0.717, 1.165) is 49.6 Å². The van der Waals surface area contributed by atoms with Gasteiger partial charge in [-0.2, -0.15) is 0 Å². The lowest BCUT2D eigenvalue weighted by Gasteiger charge is -2.23. The van der Waals surface area contributed by atoms with E-state index in [1.165, 1.54) is 0 Å². The van der Waals surface area contributed by atoms with Crippen LogP contribution < -0.4 is 5.32 Å². The molecule has 1 aliphatic rings. The molecule has 0 bridgehead atoms. The lowest BCUT2D eigenvalue weighted by atomic mass is 10.0. The fraction of sp³-hybridized carbons (Fsp3) is 0.867. The minimum absolute atomic E-state index is 0.0425. The summed E-state index contributed by atoms with van der Waals surface area (Å²) < 4.78 is 0.979. The first-order valence-electron chi connectivity index (χ1n) is 7.51. The molecule has 0 aromatic carbocycles. The van der Waals surface area contributed by atoms with E-state index in [4.69, 9.17) is 0 Å². The molecule has 1 fully saturated rings. The highest BCUT2D eigenvalue weighted by molar-refractivity contribution is 5.89. The molecule has 0 aromatic heterocycles. The molecule has 1 saturated heterocycles. The van der Waals surface area contributed by atoms with Crippen LogP contribution in [0.1, 0.15) is 51.4 Å². The summed E-state index contributed by atoms with van der Waals surface area (Å²) in [5.41, 5.74) is 0. The first-order valence-corrected chi connectivity index (χ1v) is 7.51. The van der Waals surface area contributed by atoms with Crippen molar-refractivity contribution in [1.29, 1.82) is 0 Å². The summed E-state index contributed by atoms with van der Waals surface area (Å²) in [4.78, 5) is 23.5. The van der Waals surface area contributed by atoms with E-state index in [9.17, 15) is 9.59 Å². The molecule has 1 aliphatic heterocycles. The van der Waals surface area contributed by atoms with Crippen molar-refractivity contribution < 1.29 is 14.1 Å². The number of ketones is 1. The van der Waals surface area contributed by atoms with Gasteiger partial charge in [0.25, 0.3) is 0 Å². The summed E-state index contributed by atoms with van der Waals surface area (Å²) in [6, 6.07) is -0.214. The van der Waals surface area contributed by atoms with Gasteiger partial charge in [-0.1, -0.05) is 6.42 Å². The van der Waals surface area contributed by atoms with Gasteiger partial charge in [0, 0.05) is 12.8 Å². The van der Waals surface area contributed by atoms with E-state index in [0.29, 0.717) is 12.8 Å². The highest BCUT2D eigenvalue weighted by Crippen LogP contribution is 2.13. The summed E-state index contributed by atoms with van der Waals surface area (Å²) in [5.74, 6) is 0.265. The van der Waals surface area contributed by atoms with Gasteiger partial charge in [0.15, 0.2) is 5.78 Å². The maximum atomic E-state index is 12.0. The molecule has 1 amide bonds. The number of rotatable bonds is 7. The van der Waals surface area contributed by atoms with Crippen molar-refractivity contribution in [2.75, 3.05) is 27.7 Å². The van der Waals surface area contributed by atoms with E-state index >= 15 is 0 Å². The van der Waals surface area contributed by atoms with Gasteiger partial charge >= 0.3 is 0 Å². The maximum absolute atomic E-state index is 12.0. The Bertz CT molecular complexity index is 308. The predicted molar refractivity (Wildman–Crippen MR) is 76.8 cm³/mol. The Morgan fingerprint density at radius 1 is 1.21 bits per heavy atom.